The number of halogens is 1. The van der Waals surface area contributed by atoms with Crippen molar-refractivity contribution in [3.8, 4) is 5.75 Å². The van der Waals surface area contributed by atoms with Crippen molar-refractivity contribution in [2.45, 2.75) is 20.8 Å². The van der Waals surface area contributed by atoms with Crippen LogP contribution in [0.25, 0.3) is 16.8 Å². The third-order valence-electron chi connectivity index (χ3n) is 4.81. The number of hydrogen-bond donors (Lipinski definition) is 1. The second kappa shape index (κ2) is 9.16. The first-order valence-electron chi connectivity index (χ1n) is 10.1. The number of aliphatic imine (C=N–C) groups is 1. The minimum atomic E-state index is -0.153. The molecule has 0 bridgehead atoms. The Labute approximate surface area is 191 Å². The monoisotopic (exact) mass is 450 g/mol. The number of hydrogen-bond acceptors (Lipinski definition) is 4. The van der Waals surface area contributed by atoms with E-state index in [0.29, 0.717) is 27.6 Å². The van der Waals surface area contributed by atoms with Crippen molar-refractivity contribution in [2.75, 3.05) is 6.61 Å². The fourth-order valence-electron chi connectivity index (χ4n) is 3.28. The molecule has 1 amide bonds. The van der Waals surface area contributed by atoms with E-state index in [4.69, 9.17) is 16.3 Å². The maximum Gasteiger partial charge on any atom is 0.264 e. The highest BCUT2D eigenvalue weighted by Crippen LogP contribution is 2.34. The van der Waals surface area contributed by atoms with Crippen LogP contribution in [0.3, 0.4) is 0 Å². The van der Waals surface area contributed by atoms with Crippen molar-refractivity contribution in [1.29, 1.82) is 0 Å². The zero-order valence-corrected chi connectivity index (χ0v) is 19.2. The SMILES string of the molecule is Cc1cc(Cl)ccc1N=C1NC(=O)/C(=C/c2ccc(OCC(C)C)c3ccccc23)S1. The fraction of sp³-hybridized carbons (Fsp3) is 0.200. The standard InChI is InChI=1S/C25H23ClN2O2S/c1-15(2)14-30-22-11-8-17(19-6-4-5-7-20(19)22)13-23-24(29)28-25(31-23)27-21-10-9-18(26)12-16(21)3/h4-13,15H,14H2,1-3H3,(H,27,28,29)/b23-13-. The van der Waals surface area contributed by atoms with Crippen LogP contribution in [0.1, 0.15) is 25.0 Å². The highest BCUT2D eigenvalue weighted by atomic mass is 35.5. The molecule has 1 saturated heterocycles. The van der Waals surface area contributed by atoms with Crippen LogP contribution in [0.15, 0.2) is 64.5 Å². The normalized spacial score (nSPS) is 16.5. The predicted octanol–water partition coefficient (Wildman–Crippen LogP) is 6.73. The molecule has 0 atom stereocenters. The van der Waals surface area contributed by atoms with Crippen LogP contribution in [-0.4, -0.2) is 17.7 Å². The summed E-state index contributed by atoms with van der Waals surface area (Å²) in [6.45, 7) is 6.86. The summed E-state index contributed by atoms with van der Waals surface area (Å²) in [5.74, 6) is 1.15. The minimum Gasteiger partial charge on any atom is -0.493 e. The lowest BCUT2D eigenvalue weighted by atomic mass is 10.0. The van der Waals surface area contributed by atoms with Crippen LogP contribution in [-0.2, 0) is 4.79 Å². The van der Waals surface area contributed by atoms with Gasteiger partial charge in [-0.3, -0.25) is 4.79 Å². The molecule has 6 heteroatoms. The van der Waals surface area contributed by atoms with Gasteiger partial charge in [0.05, 0.1) is 17.2 Å². The number of rotatable bonds is 5. The van der Waals surface area contributed by atoms with Gasteiger partial charge >= 0.3 is 0 Å². The molecule has 4 rings (SSSR count). The summed E-state index contributed by atoms with van der Waals surface area (Å²) in [7, 11) is 0. The first kappa shape index (κ1) is 21.5. The van der Waals surface area contributed by atoms with Crippen molar-refractivity contribution in [3.05, 3.63) is 75.7 Å². The lowest BCUT2D eigenvalue weighted by Gasteiger charge is -2.13. The lowest BCUT2D eigenvalue weighted by Crippen LogP contribution is -2.19. The molecule has 0 radical (unpaired) electrons. The van der Waals surface area contributed by atoms with Gasteiger partial charge in [-0.2, -0.15) is 0 Å². The van der Waals surface area contributed by atoms with E-state index in [1.165, 1.54) is 11.8 Å². The van der Waals surface area contributed by atoms with Gasteiger partial charge < -0.3 is 10.1 Å². The molecule has 1 aliphatic heterocycles. The van der Waals surface area contributed by atoms with Crippen LogP contribution in [0.2, 0.25) is 5.02 Å². The number of carbonyl (C=O) groups excluding carboxylic acids is 1. The Bertz CT molecular complexity index is 1220. The van der Waals surface area contributed by atoms with E-state index < -0.39 is 0 Å². The van der Waals surface area contributed by atoms with E-state index in [1.807, 2.05) is 61.5 Å². The maximum atomic E-state index is 12.6. The smallest absolute Gasteiger partial charge is 0.264 e. The average Bonchev–Trinajstić information content (AvgIpc) is 3.08. The summed E-state index contributed by atoms with van der Waals surface area (Å²) in [6, 6.07) is 17.6. The quantitative estimate of drug-likeness (QED) is 0.438. The first-order chi connectivity index (χ1) is 14.9. The molecule has 3 aromatic carbocycles. The van der Waals surface area contributed by atoms with E-state index in [9.17, 15) is 4.79 Å². The number of aryl methyl sites for hydroxylation is 1. The third-order valence-corrected chi connectivity index (χ3v) is 5.95. The molecule has 1 heterocycles. The number of carbonyl (C=O) groups is 1. The minimum absolute atomic E-state index is 0.153. The van der Waals surface area contributed by atoms with Crippen molar-refractivity contribution in [2.24, 2.45) is 10.9 Å². The highest BCUT2D eigenvalue weighted by Gasteiger charge is 2.24. The zero-order chi connectivity index (χ0) is 22.0. The molecule has 0 aromatic heterocycles. The summed E-state index contributed by atoms with van der Waals surface area (Å²) < 4.78 is 6.00. The Morgan fingerprint density at radius 1 is 1.13 bits per heavy atom. The van der Waals surface area contributed by atoms with E-state index >= 15 is 0 Å². The van der Waals surface area contributed by atoms with Gasteiger partial charge in [-0.1, -0.05) is 55.8 Å². The predicted molar refractivity (Wildman–Crippen MR) is 131 cm³/mol. The molecular weight excluding hydrogens is 428 g/mol. The second-order valence-corrected chi connectivity index (χ2v) is 9.28. The van der Waals surface area contributed by atoms with Gasteiger partial charge in [0.15, 0.2) is 5.17 Å². The maximum absolute atomic E-state index is 12.6. The molecule has 0 spiro atoms. The molecule has 31 heavy (non-hydrogen) atoms. The molecule has 4 nitrogen and oxygen atoms in total. The molecular formula is C25H23ClN2O2S. The Kier molecular flexibility index (Phi) is 6.35. The van der Waals surface area contributed by atoms with Crippen LogP contribution in [0.4, 0.5) is 5.69 Å². The molecule has 1 N–H and O–H groups in total. The van der Waals surface area contributed by atoms with E-state index in [1.54, 1.807) is 6.07 Å². The number of benzene rings is 3. The number of nitrogens with one attached hydrogen (secondary N) is 1. The van der Waals surface area contributed by atoms with Gasteiger partial charge in [0.2, 0.25) is 0 Å². The fourth-order valence-corrected chi connectivity index (χ4v) is 4.33. The van der Waals surface area contributed by atoms with Crippen molar-refractivity contribution >= 4 is 57.0 Å². The Morgan fingerprint density at radius 3 is 2.65 bits per heavy atom. The third kappa shape index (κ3) is 4.94. The molecule has 158 valence electrons. The molecule has 1 fully saturated rings. The summed E-state index contributed by atoms with van der Waals surface area (Å²) in [4.78, 5) is 17.8. The van der Waals surface area contributed by atoms with Crippen LogP contribution in [0, 0.1) is 12.8 Å². The second-order valence-electron chi connectivity index (χ2n) is 7.82. The van der Waals surface area contributed by atoms with Gasteiger partial charge in [0, 0.05) is 10.4 Å². The summed E-state index contributed by atoms with van der Waals surface area (Å²) in [6.07, 6.45) is 1.91. The zero-order valence-electron chi connectivity index (χ0n) is 17.6. The van der Waals surface area contributed by atoms with Gasteiger partial charge in [-0.05, 0) is 71.5 Å². The molecule has 0 unspecified atom stereocenters. The van der Waals surface area contributed by atoms with Gasteiger partial charge in [-0.15, -0.1) is 0 Å². The van der Waals surface area contributed by atoms with Crippen molar-refractivity contribution in [3.63, 3.8) is 0 Å². The largest absolute Gasteiger partial charge is 0.493 e. The van der Waals surface area contributed by atoms with Crippen LogP contribution >= 0.6 is 23.4 Å². The van der Waals surface area contributed by atoms with E-state index in [0.717, 1.165) is 33.3 Å². The number of nitrogens with zero attached hydrogens (tertiary/aromatic N) is 1. The Balaban J connectivity index is 1.65. The summed E-state index contributed by atoms with van der Waals surface area (Å²) in [5, 5.41) is 6.16. The van der Waals surface area contributed by atoms with E-state index in [2.05, 4.69) is 24.2 Å². The van der Waals surface area contributed by atoms with Crippen molar-refractivity contribution < 1.29 is 9.53 Å². The number of amidine groups is 1. The number of ether oxygens (including phenoxy) is 1. The summed E-state index contributed by atoms with van der Waals surface area (Å²) in [5.41, 5.74) is 2.70. The summed E-state index contributed by atoms with van der Waals surface area (Å²) >= 11 is 7.36. The number of amides is 1. The number of fused-ring (bicyclic) bond motifs is 1. The Hall–Kier alpha value is -2.76. The van der Waals surface area contributed by atoms with Crippen LogP contribution < -0.4 is 10.1 Å². The lowest BCUT2D eigenvalue weighted by molar-refractivity contribution is -0.115. The van der Waals surface area contributed by atoms with Crippen LogP contribution in [0.5, 0.6) is 5.75 Å². The van der Waals surface area contributed by atoms with Gasteiger partial charge in [0.25, 0.3) is 5.91 Å². The topological polar surface area (TPSA) is 50.7 Å². The average molecular weight is 451 g/mol. The van der Waals surface area contributed by atoms with E-state index in [-0.39, 0.29) is 5.91 Å². The first-order valence-corrected chi connectivity index (χ1v) is 11.3. The molecule has 3 aromatic rings. The molecule has 0 saturated carbocycles. The molecule has 1 aliphatic rings. The Morgan fingerprint density at radius 2 is 1.90 bits per heavy atom. The molecule has 0 aliphatic carbocycles. The number of thioether (sulfide) groups is 1. The van der Waals surface area contributed by atoms with Crippen molar-refractivity contribution in [1.82, 2.24) is 5.32 Å². The van der Waals surface area contributed by atoms with Gasteiger partial charge in [0.1, 0.15) is 5.75 Å². The van der Waals surface area contributed by atoms with Gasteiger partial charge in [-0.25, -0.2) is 4.99 Å². The highest BCUT2D eigenvalue weighted by molar-refractivity contribution is 8.18.